The van der Waals surface area contributed by atoms with Crippen LogP contribution in [0.2, 0.25) is 0 Å². The van der Waals surface area contributed by atoms with Gasteiger partial charge in [0, 0.05) is 22.5 Å². The summed E-state index contributed by atoms with van der Waals surface area (Å²) < 4.78 is 17.3. The second-order valence-corrected chi connectivity index (χ2v) is 11.8. The van der Waals surface area contributed by atoms with Crippen molar-refractivity contribution in [2.45, 2.75) is 77.6 Å². The van der Waals surface area contributed by atoms with Crippen LogP contribution in [0.25, 0.3) is 0 Å². The molecule has 0 saturated heterocycles. The smallest absolute Gasteiger partial charge is 0.311 e. The first-order valence-corrected chi connectivity index (χ1v) is 12.7. The second kappa shape index (κ2) is 7.52. The van der Waals surface area contributed by atoms with Crippen LogP contribution in [0.4, 0.5) is 0 Å². The summed E-state index contributed by atoms with van der Waals surface area (Å²) in [5.74, 6) is 3.64. The molecule has 1 aromatic rings. The number of hydrogen-bond donors (Lipinski definition) is 0. The number of methoxy groups -OCH3 is 3. The van der Waals surface area contributed by atoms with Crippen molar-refractivity contribution in [3.8, 4) is 11.5 Å². The van der Waals surface area contributed by atoms with Gasteiger partial charge in [-0.3, -0.25) is 4.79 Å². The Balaban J connectivity index is 1.73. The molecule has 0 aromatic heterocycles. The predicted molar refractivity (Wildman–Crippen MR) is 130 cm³/mol. The topological polar surface area (TPSA) is 44.8 Å². The molecule has 0 heterocycles. The molecule has 6 rings (SSSR count). The Labute approximate surface area is 199 Å². The first-order valence-electron chi connectivity index (χ1n) is 12.7. The van der Waals surface area contributed by atoms with Gasteiger partial charge in [0.15, 0.2) is 0 Å². The molecule has 4 heteroatoms. The quantitative estimate of drug-likeness (QED) is 0.390. The van der Waals surface area contributed by atoms with Crippen molar-refractivity contribution in [3.05, 3.63) is 34.9 Å². The molecule has 1 aromatic carbocycles. The van der Waals surface area contributed by atoms with Crippen molar-refractivity contribution in [3.63, 3.8) is 0 Å². The Morgan fingerprint density at radius 3 is 2.33 bits per heavy atom. The van der Waals surface area contributed by atoms with Crippen molar-refractivity contribution >= 4 is 5.97 Å². The summed E-state index contributed by atoms with van der Waals surface area (Å²) in [7, 11) is 5.14. The highest BCUT2D eigenvalue weighted by Gasteiger charge is 2.66. The van der Waals surface area contributed by atoms with E-state index in [2.05, 4.69) is 45.9 Å². The van der Waals surface area contributed by atoms with E-state index in [1.165, 1.54) is 17.5 Å². The summed E-state index contributed by atoms with van der Waals surface area (Å²) in [6.45, 7) is 9.31. The zero-order chi connectivity index (χ0) is 23.8. The van der Waals surface area contributed by atoms with Gasteiger partial charge >= 0.3 is 5.97 Å². The molecule has 0 radical (unpaired) electrons. The lowest BCUT2D eigenvalue weighted by Gasteiger charge is -2.66. The molecule has 4 unspecified atom stereocenters. The molecule has 2 fully saturated rings. The Morgan fingerprint density at radius 1 is 1.00 bits per heavy atom. The minimum Gasteiger partial charge on any atom is -0.496 e. The molecule has 0 amide bonds. The number of allylic oxidation sites excluding steroid dienone is 2. The lowest BCUT2D eigenvalue weighted by atomic mass is 9.37. The molecule has 6 atom stereocenters. The standard InChI is InChI=1S/C29H40O4/c1-17(2)19-16-29-14-11-22-27(3,12-8-13-28(22,4)26(30)33-7)23(29)15-18(19)24-20(31-5)9-10-21(32-6)25(24)29/h9-10,16-18,22-23H,8,11-15H2,1-7H3/t18?,22?,23?,27-,28-,29?/m0/s1. The highest BCUT2D eigenvalue weighted by atomic mass is 16.5. The summed E-state index contributed by atoms with van der Waals surface area (Å²) in [6.07, 6.45) is 9.05. The Kier molecular flexibility index (Phi) is 5.19. The second-order valence-electron chi connectivity index (χ2n) is 11.8. The van der Waals surface area contributed by atoms with E-state index in [9.17, 15) is 4.79 Å². The van der Waals surface area contributed by atoms with Gasteiger partial charge in [-0.15, -0.1) is 0 Å². The zero-order valence-corrected chi connectivity index (χ0v) is 21.4. The number of esters is 1. The molecular weight excluding hydrogens is 412 g/mol. The molecule has 2 bridgehead atoms. The Bertz CT molecular complexity index is 1010. The van der Waals surface area contributed by atoms with Gasteiger partial charge in [0.25, 0.3) is 0 Å². The summed E-state index contributed by atoms with van der Waals surface area (Å²) in [6, 6.07) is 4.19. The van der Waals surface area contributed by atoms with Crippen LogP contribution in [-0.4, -0.2) is 27.3 Å². The molecular formula is C29H40O4. The van der Waals surface area contributed by atoms with Crippen LogP contribution in [-0.2, 0) is 14.9 Å². The number of hydrogen-bond acceptors (Lipinski definition) is 4. The molecule has 2 saturated carbocycles. The van der Waals surface area contributed by atoms with Gasteiger partial charge in [0.05, 0.1) is 26.7 Å². The van der Waals surface area contributed by atoms with Gasteiger partial charge in [-0.2, -0.15) is 0 Å². The summed E-state index contributed by atoms with van der Waals surface area (Å²) in [5, 5.41) is 0. The molecule has 0 N–H and O–H groups in total. The fraction of sp³-hybridized carbons (Fsp3) is 0.690. The van der Waals surface area contributed by atoms with E-state index in [1.807, 2.05) is 0 Å². The number of ether oxygens (including phenoxy) is 3. The van der Waals surface area contributed by atoms with Crippen LogP contribution in [0.15, 0.2) is 23.8 Å². The summed E-state index contributed by atoms with van der Waals surface area (Å²) in [5.41, 5.74) is 3.89. The highest BCUT2D eigenvalue weighted by Crippen LogP contribution is 2.73. The van der Waals surface area contributed by atoms with E-state index in [-0.39, 0.29) is 16.8 Å². The number of fused-ring (bicyclic) bond motifs is 1. The third-order valence-corrected chi connectivity index (χ3v) is 10.3. The first kappa shape index (κ1) is 22.8. The number of rotatable bonds is 4. The average Bonchev–Trinajstić information content (AvgIpc) is 2.82. The Hall–Kier alpha value is -1.97. The molecule has 180 valence electrons. The molecule has 1 spiro atoms. The molecule has 5 aliphatic carbocycles. The molecule has 4 nitrogen and oxygen atoms in total. The van der Waals surface area contributed by atoms with Crippen LogP contribution in [0.5, 0.6) is 11.5 Å². The van der Waals surface area contributed by atoms with Gasteiger partial charge in [0.1, 0.15) is 11.5 Å². The van der Waals surface area contributed by atoms with Crippen LogP contribution in [0.3, 0.4) is 0 Å². The van der Waals surface area contributed by atoms with Crippen LogP contribution in [0, 0.1) is 28.6 Å². The van der Waals surface area contributed by atoms with E-state index >= 15 is 0 Å². The average molecular weight is 453 g/mol. The van der Waals surface area contributed by atoms with Crippen molar-refractivity contribution < 1.29 is 19.0 Å². The largest absolute Gasteiger partial charge is 0.496 e. The lowest BCUT2D eigenvalue weighted by molar-refractivity contribution is -0.175. The van der Waals surface area contributed by atoms with Gasteiger partial charge in [-0.05, 0) is 74.3 Å². The number of benzene rings is 1. The molecule has 0 aliphatic heterocycles. The van der Waals surface area contributed by atoms with Gasteiger partial charge < -0.3 is 14.2 Å². The van der Waals surface area contributed by atoms with Gasteiger partial charge in [-0.1, -0.05) is 38.8 Å². The predicted octanol–water partition coefficient (Wildman–Crippen LogP) is 6.42. The maximum Gasteiger partial charge on any atom is 0.311 e. The fourth-order valence-electron chi connectivity index (χ4n) is 9.00. The minimum absolute atomic E-state index is 0.0200. The first-order chi connectivity index (χ1) is 15.7. The van der Waals surface area contributed by atoms with E-state index in [4.69, 9.17) is 14.2 Å². The van der Waals surface area contributed by atoms with Gasteiger partial charge in [-0.25, -0.2) is 0 Å². The van der Waals surface area contributed by atoms with E-state index in [1.54, 1.807) is 26.9 Å². The summed E-state index contributed by atoms with van der Waals surface area (Å²) in [4.78, 5) is 13.1. The SMILES string of the molecule is COC(=O)[C@@]1(C)CCC[C@]2(C)C3CC4C(C(C)C)=CC3(CCC21)c1c(OC)ccc(OC)c14. The minimum atomic E-state index is -0.397. The van der Waals surface area contributed by atoms with Crippen molar-refractivity contribution in [1.29, 1.82) is 0 Å². The summed E-state index contributed by atoms with van der Waals surface area (Å²) >= 11 is 0. The molecule has 5 aliphatic rings. The fourth-order valence-corrected chi connectivity index (χ4v) is 9.00. The zero-order valence-electron chi connectivity index (χ0n) is 21.4. The maximum absolute atomic E-state index is 13.1. The van der Waals surface area contributed by atoms with Crippen LogP contribution >= 0.6 is 0 Å². The van der Waals surface area contributed by atoms with E-state index < -0.39 is 5.41 Å². The maximum atomic E-state index is 13.1. The van der Waals surface area contributed by atoms with E-state index in [0.29, 0.717) is 23.7 Å². The monoisotopic (exact) mass is 452 g/mol. The lowest BCUT2D eigenvalue weighted by Crippen LogP contribution is -2.62. The third-order valence-electron chi connectivity index (χ3n) is 10.3. The Morgan fingerprint density at radius 2 is 1.70 bits per heavy atom. The number of carbonyl (C=O) groups excluding carboxylic acids is 1. The van der Waals surface area contributed by atoms with Gasteiger partial charge in [0.2, 0.25) is 0 Å². The van der Waals surface area contributed by atoms with Crippen molar-refractivity contribution in [1.82, 2.24) is 0 Å². The van der Waals surface area contributed by atoms with Crippen LogP contribution in [0.1, 0.15) is 83.3 Å². The third kappa shape index (κ3) is 2.79. The van der Waals surface area contributed by atoms with E-state index in [0.717, 1.165) is 43.6 Å². The van der Waals surface area contributed by atoms with Crippen LogP contribution < -0.4 is 9.47 Å². The van der Waals surface area contributed by atoms with Crippen molar-refractivity contribution in [2.24, 2.45) is 28.6 Å². The molecule has 33 heavy (non-hydrogen) atoms. The normalized spacial score (nSPS) is 38.7. The number of carbonyl (C=O) groups is 1. The van der Waals surface area contributed by atoms with Crippen molar-refractivity contribution in [2.75, 3.05) is 21.3 Å². The highest BCUT2D eigenvalue weighted by molar-refractivity contribution is 5.77.